The second-order valence-corrected chi connectivity index (χ2v) is 8.32. The van der Waals surface area contributed by atoms with Gasteiger partial charge in [-0.25, -0.2) is 13.1 Å². The van der Waals surface area contributed by atoms with E-state index in [0.717, 1.165) is 5.56 Å². The zero-order valence-corrected chi connectivity index (χ0v) is 17.0. The molecule has 0 aliphatic heterocycles. The maximum atomic E-state index is 12.2. The van der Waals surface area contributed by atoms with Gasteiger partial charge in [-0.1, -0.05) is 24.6 Å². The molecule has 8 heteroatoms. The van der Waals surface area contributed by atoms with Gasteiger partial charge in [-0.2, -0.15) is 0 Å². The molecule has 0 fully saturated rings. The van der Waals surface area contributed by atoms with Crippen molar-refractivity contribution in [3.63, 3.8) is 0 Å². The predicted molar refractivity (Wildman–Crippen MR) is 107 cm³/mol. The molecule has 2 N–H and O–H groups in total. The molecule has 2 aromatic carbocycles. The molecule has 0 radical (unpaired) electrons. The number of anilines is 1. The van der Waals surface area contributed by atoms with Gasteiger partial charge < -0.3 is 10.1 Å². The van der Waals surface area contributed by atoms with E-state index >= 15 is 0 Å². The van der Waals surface area contributed by atoms with Crippen molar-refractivity contribution < 1.29 is 17.9 Å². The van der Waals surface area contributed by atoms with Crippen LogP contribution in [0.4, 0.5) is 5.69 Å². The van der Waals surface area contributed by atoms with Crippen LogP contribution in [0.2, 0.25) is 5.02 Å². The van der Waals surface area contributed by atoms with E-state index in [1.807, 2.05) is 19.9 Å². The molecule has 146 valence electrons. The number of benzene rings is 2. The predicted octanol–water partition coefficient (Wildman–Crippen LogP) is 3.74. The van der Waals surface area contributed by atoms with Crippen molar-refractivity contribution in [2.75, 3.05) is 11.9 Å². The van der Waals surface area contributed by atoms with Gasteiger partial charge in [0.15, 0.2) is 6.61 Å². The first kappa shape index (κ1) is 21.2. The summed E-state index contributed by atoms with van der Waals surface area (Å²) < 4.78 is 32.4. The molecule has 0 heterocycles. The first-order chi connectivity index (χ1) is 12.7. The van der Waals surface area contributed by atoms with Crippen LogP contribution in [-0.4, -0.2) is 27.0 Å². The number of ether oxygens (including phenoxy) is 1. The van der Waals surface area contributed by atoms with Crippen molar-refractivity contribution in [2.24, 2.45) is 0 Å². The molecular formula is C19H23ClN2O4S. The Morgan fingerprint density at radius 3 is 2.44 bits per heavy atom. The van der Waals surface area contributed by atoms with E-state index < -0.39 is 10.0 Å². The Bertz CT molecular complexity index is 898. The number of nitrogens with one attached hydrogen (secondary N) is 2. The number of hydrogen-bond acceptors (Lipinski definition) is 4. The Balaban J connectivity index is 1.92. The van der Waals surface area contributed by atoms with Crippen LogP contribution in [0.15, 0.2) is 47.4 Å². The second-order valence-electron chi connectivity index (χ2n) is 6.20. The Morgan fingerprint density at radius 1 is 1.19 bits per heavy atom. The number of carbonyl (C=O) groups excluding carboxylic acids is 1. The number of sulfonamides is 1. The molecule has 2 aromatic rings. The molecular weight excluding hydrogens is 388 g/mol. The molecule has 0 aliphatic carbocycles. The third-order valence-electron chi connectivity index (χ3n) is 3.93. The Labute approximate surface area is 164 Å². The molecule has 0 bridgehead atoms. The fraction of sp³-hybridized carbons (Fsp3) is 0.316. The summed E-state index contributed by atoms with van der Waals surface area (Å²) in [6, 6.07) is 11.0. The van der Waals surface area contributed by atoms with E-state index in [1.165, 1.54) is 24.3 Å². The molecule has 0 spiro atoms. The Morgan fingerprint density at radius 2 is 1.85 bits per heavy atom. The van der Waals surface area contributed by atoms with Crippen molar-refractivity contribution in [2.45, 2.75) is 38.1 Å². The maximum Gasteiger partial charge on any atom is 0.262 e. The van der Waals surface area contributed by atoms with E-state index in [-0.39, 0.29) is 23.5 Å². The summed E-state index contributed by atoms with van der Waals surface area (Å²) in [6.45, 7) is 5.37. The van der Waals surface area contributed by atoms with Crippen molar-refractivity contribution >= 4 is 33.2 Å². The number of rotatable bonds is 8. The number of carbonyl (C=O) groups is 1. The van der Waals surface area contributed by atoms with Gasteiger partial charge in [0.2, 0.25) is 10.0 Å². The maximum absolute atomic E-state index is 12.2. The molecule has 1 amide bonds. The molecule has 6 nitrogen and oxygen atoms in total. The monoisotopic (exact) mass is 410 g/mol. The normalized spacial score (nSPS) is 12.4. The lowest BCUT2D eigenvalue weighted by Gasteiger charge is -2.12. The topological polar surface area (TPSA) is 84.5 Å². The molecule has 0 unspecified atom stereocenters. The van der Waals surface area contributed by atoms with Crippen LogP contribution in [0.3, 0.4) is 0 Å². The minimum atomic E-state index is -3.57. The van der Waals surface area contributed by atoms with E-state index in [9.17, 15) is 13.2 Å². The largest absolute Gasteiger partial charge is 0.484 e. The van der Waals surface area contributed by atoms with Crippen LogP contribution in [0.25, 0.3) is 0 Å². The standard InChI is InChI=1S/C19H23ClN2O4S/c1-4-14(3)22-27(24,25)17-9-7-16(8-10-17)26-12-19(23)21-15-6-5-13(2)18(20)11-15/h5-11,14,22H,4,12H2,1-3H3,(H,21,23)/t14-/m0/s1. The highest BCUT2D eigenvalue weighted by Crippen LogP contribution is 2.20. The molecule has 0 saturated heterocycles. The number of halogens is 1. The molecule has 0 saturated carbocycles. The SMILES string of the molecule is CC[C@H](C)NS(=O)(=O)c1ccc(OCC(=O)Nc2ccc(C)c(Cl)c2)cc1. The van der Waals surface area contributed by atoms with E-state index in [4.69, 9.17) is 16.3 Å². The number of aryl methyl sites for hydroxylation is 1. The molecule has 0 aliphatic rings. The summed E-state index contributed by atoms with van der Waals surface area (Å²) in [7, 11) is -3.57. The Kier molecular flexibility index (Phi) is 7.24. The third-order valence-corrected chi connectivity index (χ3v) is 5.94. The highest BCUT2D eigenvalue weighted by molar-refractivity contribution is 7.89. The first-order valence-corrected chi connectivity index (χ1v) is 10.4. The minimum absolute atomic E-state index is 0.147. The van der Waals surface area contributed by atoms with E-state index in [1.54, 1.807) is 19.1 Å². The molecule has 0 aromatic heterocycles. The first-order valence-electron chi connectivity index (χ1n) is 8.52. The highest BCUT2D eigenvalue weighted by Gasteiger charge is 2.16. The zero-order chi connectivity index (χ0) is 20.0. The average Bonchev–Trinajstić information content (AvgIpc) is 2.63. The summed E-state index contributed by atoms with van der Waals surface area (Å²) >= 11 is 6.03. The number of amides is 1. The quantitative estimate of drug-likeness (QED) is 0.694. The van der Waals surface area contributed by atoms with Crippen LogP contribution < -0.4 is 14.8 Å². The van der Waals surface area contributed by atoms with Crippen LogP contribution in [0.5, 0.6) is 5.75 Å². The smallest absolute Gasteiger partial charge is 0.262 e. The summed E-state index contributed by atoms with van der Waals surface area (Å²) in [5.41, 5.74) is 1.50. The van der Waals surface area contributed by atoms with Gasteiger partial charge in [0.05, 0.1) is 4.90 Å². The fourth-order valence-electron chi connectivity index (χ4n) is 2.15. The van der Waals surface area contributed by atoms with Gasteiger partial charge >= 0.3 is 0 Å². The van der Waals surface area contributed by atoms with E-state index in [2.05, 4.69) is 10.0 Å². The van der Waals surface area contributed by atoms with Gasteiger partial charge in [0.1, 0.15) is 5.75 Å². The minimum Gasteiger partial charge on any atom is -0.484 e. The Hall–Kier alpha value is -2.09. The zero-order valence-electron chi connectivity index (χ0n) is 15.5. The average molecular weight is 411 g/mol. The van der Waals surface area contributed by atoms with Crippen LogP contribution >= 0.6 is 11.6 Å². The highest BCUT2D eigenvalue weighted by atomic mass is 35.5. The molecule has 2 rings (SSSR count). The summed E-state index contributed by atoms with van der Waals surface area (Å²) in [5, 5.41) is 3.26. The number of hydrogen-bond donors (Lipinski definition) is 2. The lowest BCUT2D eigenvalue weighted by Crippen LogP contribution is -2.31. The van der Waals surface area contributed by atoms with Crippen LogP contribution in [-0.2, 0) is 14.8 Å². The lowest BCUT2D eigenvalue weighted by atomic mass is 10.2. The van der Waals surface area contributed by atoms with Gasteiger partial charge in [-0.3, -0.25) is 4.79 Å². The van der Waals surface area contributed by atoms with Gasteiger partial charge in [-0.15, -0.1) is 0 Å². The van der Waals surface area contributed by atoms with Crippen molar-refractivity contribution in [3.8, 4) is 5.75 Å². The summed E-state index contributed by atoms with van der Waals surface area (Å²) in [6.07, 6.45) is 0.696. The van der Waals surface area contributed by atoms with Crippen molar-refractivity contribution in [3.05, 3.63) is 53.1 Å². The third kappa shape index (κ3) is 6.23. The van der Waals surface area contributed by atoms with Crippen molar-refractivity contribution in [1.29, 1.82) is 0 Å². The molecule has 27 heavy (non-hydrogen) atoms. The fourth-order valence-corrected chi connectivity index (χ4v) is 3.66. The van der Waals surface area contributed by atoms with E-state index in [0.29, 0.717) is 22.9 Å². The van der Waals surface area contributed by atoms with Gasteiger partial charge in [0.25, 0.3) is 5.91 Å². The second kappa shape index (κ2) is 9.21. The van der Waals surface area contributed by atoms with Crippen LogP contribution in [0, 0.1) is 6.92 Å². The van der Waals surface area contributed by atoms with Gasteiger partial charge in [-0.05, 0) is 62.2 Å². The summed E-state index contributed by atoms with van der Waals surface area (Å²) in [5.74, 6) is 0.0552. The lowest BCUT2D eigenvalue weighted by molar-refractivity contribution is -0.118. The summed E-state index contributed by atoms with van der Waals surface area (Å²) in [4.78, 5) is 12.1. The molecule has 1 atom stereocenters. The van der Waals surface area contributed by atoms with Crippen LogP contribution in [0.1, 0.15) is 25.8 Å². The van der Waals surface area contributed by atoms with Crippen molar-refractivity contribution in [1.82, 2.24) is 4.72 Å². The van der Waals surface area contributed by atoms with Gasteiger partial charge in [0, 0.05) is 16.8 Å².